The van der Waals surface area contributed by atoms with E-state index < -0.39 is 0 Å². The quantitative estimate of drug-likeness (QED) is 0.605. The topological polar surface area (TPSA) is 26.3 Å². The van der Waals surface area contributed by atoms with Crippen molar-refractivity contribution in [2.45, 2.75) is 13.8 Å². The van der Waals surface area contributed by atoms with Crippen molar-refractivity contribution in [3.63, 3.8) is 0 Å². The predicted octanol–water partition coefficient (Wildman–Crippen LogP) is 4.42. The van der Waals surface area contributed by atoms with Gasteiger partial charge in [0.15, 0.2) is 0 Å². The van der Waals surface area contributed by atoms with Gasteiger partial charge in [0, 0.05) is 5.56 Å². The lowest BCUT2D eigenvalue weighted by Crippen LogP contribution is -1.98. The van der Waals surface area contributed by atoms with E-state index >= 15 is 0 Å². The number of benzene rings is 2. The number of aryl methyl sites for hydroxylation is 2. The average molecular weight is 294 g/mol. The van der Waals surface area contributed by atoms with Crippen molar-refractivity contribution in [3.8, 4) is 0 Å². The Labute approximate surface area is 128 Å². The van der Waals surface area contributed by atoms with Gasteiger partial charge in [-0.05, 0) is 55.3 Å². The van der Waals surface area contributed by atoms with Gasteiger partial charge in [-0.15, -0.1) is 0 Å². The molecule has 0 fully saturated rings. The summed E-state index contributed by atoms with van der Waals surface area (Å²) >= 11 is 0. The molecule has 0 spiro atoms. The molecule has 0 bridgehead atoms. The molecule has 110 valence electrons. The SMILES string of the molecule is Cc1ccc(C)c(C2=C/C(=C\c3ccc(F)cc3)C(=O)O2)c1. The van der Waals surface area contributed by atoms with Gasteiger partial charge < -0.3 is 4.74 Å². The van der Waals surface area contributed by atoms with E-state index in [1.165, 1.54) is 12.1 Å². The van der Waals surface area contributed by atoms with Crippen LogP contribution in [0.4, 0.5) is 4.39 Å². The fourth-order valence-corrected chi connectivity index (χ4v) is 2.36. The second-order valence-corrected chi connectivity index (χ2v) is 5.37. The normalized spacial score (nSPS) is 15.9. The highest BCUT2D eigenvalue weighted by Crippen LogP contribution is 2.29. The van der Waals surface area contributed by atoms with Crippen LogP contribution in [0.5, 0.6) is 0 Å². The summed E-state index contributed by atoms with van der Waals surface area (Å²) in [5, 5.41) is 0. The molecule has 1 aliphatic rings. The Morgan fingerprint density at radius 1 is 1.05 bits per heavy atom. The molecular formula is C19H15FO2. The van der Waals surface area contributed by atoms with E-state index in [1.54, 1.807) is 24.3 Å². The van der Waals surface area contributed by atoms with Crippen molar-refractivity contribution in [3.05, 3.63) is 82.2 Å². The molecule has 0 atom stereocenters. The minimum absolute atomic E-state index is 0.303. The Morgan fingerprint density at radius 3 is 2.50 bits per heavy atom. The summed E-state index contributed by atoms with van der Waals surface area (Å²) in [4.78, 5) is 12.0. The van der Waals surface area contributed by atoms with E-state index in [1.807, 2.05) is 32.0 Å². The smallest absolute Gasteiger partial charge is 0.343 e. The summed E-state index contributed by atoms with van der Waals surface area (Å²) in [5.74, 6) is -0.137. The molecule has 22 heavy (non-hydrogen) atoms. The number of ether oxygens (including phenoxy) is 1. The molecule has 0 saturated carbocycles. The molecule has 1 heterocycles. The number of cyclic esters (lactones) is 1. The number of esters is 1. The molecule has 2 nitrogen and oxygen atoms in total. The summed E-state index contributed by atoms with van der Waals surface area (Å²) in [6.45, 7) is 3.97. The van der Waals surface area contributed by atoms with E-state index in [-0.39, 0.29) is 11.8 Å². The molecule has 3 rings (SSSR count). The standard InChI is InChI=1S/C19H15FO2/c1-12-3-4-13(2)17(9-12)18-11-15(19(21)22-18)10-14-5-7-16(20)8-6-14/h3-11H,1-2H3/b15-10+. The summed E-state index contributed by atoms with van der Waals surface area (Å²) in [6.07, 6.45) is 3.42. The zero-order chi connectivity index (χ0) is 15.7. The molecule has 0 saturated heterocycles. The van der Waals surface area contributed by atoms with Gasteiger partial charge in [-0.3, -0.25) is 0 Å². The Morgan fingerprint density at radius 2 is 1.77 bits per heavy atom. The maximum atomic E-state index is 12.9. The zero-order valence-corrected chi connectivity index (χ0v) is 12.4. The summed E-state index contributed by atoms with van der Waals surface area (Å²) in [6, 6.07) is 12.0. The van der Waals surface area contributed by atoms with Gasteiger partial charge in [0.2, 0.25) is 0 Å². The number of carbonyl (C=O) groups excluding carboxylic acids is 1. The van der Waals surface area contributed by atoms with Crippen molar-refractivity contribution < 1.29 is 13.9 Å². The van der Waals surface area contributed by atoms with Crippen LogP contribution in [-0.2, 0) is 9.53 Å². The molecular weight excluding hydrogens is 279 g/mol. The van der Waals surface area contributed by atoms with Crippen LogP contribution < -0.4 is 0 Å². The first-order chi connectivity index (χ1) is 10.5. The fraction of sp³-hybridized carbons (Fsp3) is 0.105. The van der Waals surface area contributed by atoms with Crippen molar-refractivity contribution >= 4 is 17.8 Å². The van der Waals surface area contributed by atoms with E-state index in [9.17, 15) is 9.18 Å². The average Bonchev–Trinajstić information content (AvgIpc) is 2.85. The first kappa shape index (κ1) is 14.3. The summed E-state index contributed by atoms with van der Waals surface area (Å²) in [7, 11) is 0. The highest BCUT2D eigenvalue weighted by Gasteiger charge is 2.23. The van der Waals surface area contributed by atoms with Gasteiger partial charge in [-0.25, -0.2) is 9.18 Å². The summed E-state index contributed by atoms with van der Waals surface area (Å²) < 4.78 is 18.3. The van der Waals surface area contributed by atoms with Crippen LogP contribution in [0.15, 0.2) is 54.1 Å². The van der Waals surface area contributed by atoms with Gasteiger partial charge in [0.25, 0.3) is 0 Å². The summed E-state index contributed by atoms with van der Waals surface area (Å²) in [5.41, 5.74) is 4.28. The fourth-order valence-electron chi connectivity index (χ4n) is 2.36. The number of hydrogen-bond acceptors (Lipinski definition) is 2. The molecule has 0 radical (unpaired) electrons. The van der Waals surface area contributed by atoms with Crippen LogP contribution in [-0.4, -0.2) is 5.97 Å². The maximum Gasteiger partial charge on any atom is 0.343 e. The van der Waals surface area contributed by atoms with E-state index in [4.69, 9.17) is 4.74 Å². The lowest BCUT2D eigenvalue weighted by atomic mass is 10.0. The van der Waals surface area contributed by atoms with E-state index in [2.05, 4.69) is 0 Å². The van der Waals surface area contributed by atoms with Crippen molar-refractivity contribution in [2.75, 3.05) is 0 Å². The molecule has 0 amide bonds. The lowest BCUT2D eigenvalue weighted by molar-refractivity contribution is -0.130. The maximum absolute atomic E-state index is 12.9. The van der Waals surface area contributed by atoms with Crippen LogP contribution >= 0.6 is 0 Å². The monoisotopic (exact) mass is 294 g/mol. The van der Waals surface area contributed by atoms with Gasteiger partial charge >= 0.3 is 5.97 Å². The van der Waals surface area contributed by atoms with Crippen molar-refractivity contribution in [1.29, 1.82) is 0 Å². The minimum Gasteiger partial charge on any atom is -0.422 e. The number of carbonyl (C=O) groups is 1. The van der Waals surface area contributed by atoms with Crippen LogP contribution in [0.25, 0.3) is 11.8 Å². The Kier molecular flexibility index (Phi) is 3.63. The molecule has 0 aromatic heterocycles. The molecule has 3 heteroatoms. The van der Waals surface area contributed by atoms with Crippen molar-refractivity contribution in [2.24, 2.45) is 0 Å². The van der Waals surface area contributed by atoms with E-state index in [0.29, 0.717) is 11.3 Å². The lowest BCUT2D eigenvalue weighted by Gasteiger charge is -2.06. The zero-order valence-electron chi connectivity index (χ0n) is 12.4. The van der Waals surface area contributed by atoms with E-state index in [0.717, 1.165) is 22.3 Å². The number of halogens is 1. The Bertz CT molecular complexity index is 799. The molecule has 1 aliphatic heterocycles. The van der Waals surface area contributed by atoms with Crippen molar-refractivity contribution in [1.82, 2.24) is 0 Å². The molecule has 0 N–H and O–H groups in total. The van der Waals surface area contributed by atoms with Crippen LogP contribution in [0.1, 0.15) is 22.3 Å². The predicted molar refractivity (Wildman–Crippen MR) is 84.4 cm³/mol. The first-order valence-electron chi connectivity index (χ1n) is 7.02. The number of rotatable bonds is 2. The van der Waals surface area contributed by atoms with Gasteiger partial charge in [0.1, 0.15) is 11.6 Å². The van der Waals surface area contributed by atoms with Gasteiger partial charge in [-0.2, -0.15) is 0 Å². The van der Waals surface area contributed by atoms with Gasteiger partial charge in [0.05, 0.1) is 5.57 Å². The van der Waals surface area contributed by atoms with Crippen LogP contribution in [0, 0.1) is 19.7 Å². The third-order valence-corrected chi connectivity index (χ3v) is 3.58. The first-order valence-corrected chi connectivity index (χ1v) is 7.02. The third-order valence-electron chi connectivity index (χ3n) is 3.58. The molecule has 2 aromatic rings. The van der Waals surface area contributed by atoms with Crippen LogP contribution in [0.3, 0.4) is 0 Å². The Hall–Kier alpha value is -2.68. The molecule has 0 unspecified atom stereocenters. The third kappa shape index (κ3) is 2.84. The molecule has 2 aromatic carbocycles. The van der Waals surface area contributed by atoms with Gasteiger partial charge in [-0.1, -0.05) is 29.8 Å². The number of hydrogen-bond donors (Lipinski definition) is 0. The Balaban J connectivity index is 1.97. The highest BCUT2D eigenvalue weighted by molar-refractivity contribution is 6.05. The molecule has 0 aliphatic carbocycles. The van der Waals surface area contributed by atoms with Crippen LogP contribution in [0.2, 0.25) is 0 Å². The largest absolute Gasteiger partial charge is 0.422 e. The minimum atomic E-state index is -0.389. The second kappa shape index (κ2) is 5.60. The highest BCUT2D eigenvalue weighted by atomic mass is 19.1. The second-order valence-electron chi connectivity index (χ2n) is 5.37.